The number of likely N-dealkylation sites (tertiary alicyclic amines) is 1. The number of carbonyl (C=O) groups excluding carboxylic acids is 1. The Morgan fingerprint density at radius 1 is 1.35 bits per heavy atom. The summed E-state index contributed by atoms with van der Waals surface area (Å²) in [4.78, 5) is 18.4. The molecule has 1 aromatic carbocycles. The first-order valence-electron chi connectivity index (χ1n) is 7.99. The van der Waals surface area contributed by atoms with Crippen LogP contribution in [0.1, 0.15) is 20.3 Å². The van der Waals surface area contributed by atoms with Crippen molar-refractivity contribution in [3.05, 3.63) is 30.1 Å². The lowest BCUT2D eigenvalue weighted by atomic mass is 9.92. The molecule has 126 valence electrons. The molecule has 5 nitrogen and oxygen atoms in total. The maximum absolute atomic E-state index is 13.1. The van der Waals surface area contributed by atoms with Gasteiger partial charge in [0.25, 0.3) is 0 Å². The van der Waals surface area contributed by atoms with Crippen LogP contribution >= 0.6 is 0 Å². The number of aliphatic imine (C=N–C) groups is 1. The number of nitrogens with one attached hydrogen (secondary N) is 2. The topological polar surface area (TPSA) is 56.7 Å². The number of piperidine rings is 1. The van der Waals surface area contributed by atoms with E-state index in [-0.39, 0.29) is 18.3 Å². The highest BCUT2D eigenvalue weighted by Crippen LogP contribution is 2.20. The number of benzene rings is 1. The first-order chi connectivity index (χ1) is 11.0. The van der Waals surface area contributed by atoms with Crippen molar-refractivity contribution in [3.63, 3.8) is 0 Å². The van der Waals surface area contributed by atoms with Crippen LogP contribution in [0, 0.1) is 17.7 Å². The second kappa shape index (κ2) is 7.94. The Bertz CT molecular complexity index is 565. The Kier molecular flexibility index (Phi) is 5.96. The Morgan fingerprint density at radius 3 is 2.65 bits per heavy atom. The molecule has 1 heterocycles. The number of rotatable bonds is 3. The molecular formula is C17H25FN4O. The summed E-state index contributed by atoms with van der Waals surface area (Å²) in [6.07, 6.45) is 1.22. The molecule has 0 spiro atoms. The lowest BCUT2D eigenvalue weighted by Crippen LogP contribution is -2.49. The van der Waals surface area contributed by atoms with Gasteiger partial charge in [-0.05, 0) is 36.5 Å². The Labute approximate surface area is 137 Å². The molecule has 6 heteroatoms. The predicted molar refractivity (Wildman–Crippen MR) is 90.9 cm³/mol. The minimum Gasteiger partial charge on any atom is -0.347 e. The number of guanidine groups is 1. The van der Waals surface area contributed by atoms with Gasteiger partial charge in [-0.3, -0.25) is 9.79 Å². The average molecular weight is 320 g/mol. The molecule has 0 radical (unpaired) electrons. The summed E-state index contributed by atoms with van der Waals surface area (Å²) in [6.45, 7) is 6.44. The van der Waals surface area contributed by atoms with E-state index >= 15 is 0 Å². The van der Waals surface area contributed by atoms with E-state index in [2.05, 4.69) is 34.4 Å². The molecular weight excluding hydrogens is 295 g/mol. The SMILES string of the molecule is CN=C(NCC(=O)Nc1cccc(F)c1)N1CC(C)CC(C)C1. The van der Waals surface area contributed by atoms with Crippen molar-refractivity contribution < 1.29 is 9.18 Å². The van der Waals surface area contributed by atoms with Crippen molar-refractivity contribution >= 4 is 17.6 Å². The molecule has 0 bridgehead atoms. The Balaban J connectivity index is 1.86. The van der Waals surface area contributed by atoms with Gasteiger partial charge in [0, 0.05) is 25.8 Å². The normalized spacial score (nSPS) is 21.9. The molecule has 1 aliphatic rings. The largest absolute Gasteiger partial charge is 0.347 e. The van der Waals surface area contributed by atoms with Crippen molar-refractivity contribution in [3.8, 4) is 0 Å². The summed E-state index contributed by atoms with van der Waals surface area (Å²) in [5, 5.41) is 5.75. The van der Waals surface area contributed by atoms with E-state index in [0.717, 1.165) is 19.0 Å². The third-order valence-corrected chi connectivity index (χ3v) is 3.90. The van der Waals surface area contributed by atoms with Gasteiger partial charge >= 0.3 is 0 Å². The molecule has 1 amide bonds. The molecule has 2 rings (SSSR count). The number of amides is 1. The third kappa shape index (κ3) is 5.23. The second-order valence-electron chi connectivity index (χ2n) is 6.31. The van der Waals surface area contributed by atoms with Crippen LogP contribution in [-0.4, -0.2) is 43.4 Å². The van der Waals surface area contributed by atoms with E-state index in [1.807, 2.05) is 0 Å². The van der Waals surface area contributed by atoms with Gasteiger partial charge < -0.3 is 15.5 Å². The van der Waals surface area contributed by atoms with Gasteiger partial charge in [0.15, 0.2) is 5.96 Å². The molecule has 1 aromatic rings. The van der Waals surface area contributed by atoms with Crippen molar-refractivity contribution in [2.24, 2.45) is 16.8 Å². The van der Waals surface area contributed by atoms with Crippen LogP contribution in [0.4, 0.5) is 10.1 Å². The zero-order chi connectivity index (χ0) is 16.8. The fourth-order valence-corrected chi connectivity index (χ4v) is 3.10. The average Bonchev–Trinajstić information content (AvgIpc) is 2.47. The van der Waals surface area contributed by atoms with Gasteiger partial charge in [0.05, 0.1) is 6.54 Å². The summed E-state index contributed by atoms with van der Waals surface area (Å²) in [5.74, 6) is 1.35. The monoisotopic (exact) mass is 320 g/mol. The minimum absolute atomic E-state index is 0.0997. The minimum atomic E-state index is -0.372. The Hall–Kier alpha value is -2.11. The third-order valence-electron chi connectivity index (χ3n) is 3.90. The fraction of sp³-hybridized carbons (Fsp3) is 0.529. The molecule has 2 unspecified atom stereocenters. The maximum atomic E-state index is 13.1. The lowest BCUT2D eigenvalue weighted by molar-refractivity contribution is -0.115. The van der Waals surface area contributed by atoms with E-state index < -0.39 is 0 Å². The molecule has 0 saturated carbocycles. The highest BCUT2D eigenvalue weighted by Gasteiger charge is 2.24. The molecule has 2 atom stereocenters. The fourth-order valence-electron chi connectivity index (χ4n) is 3.10. The molecule has 23 heavy (non-hydrogen) atoms. The lowest BCUT2D eigenvalue weighted by Gasteiger charge is -2.37. The molecule has 1 fully saturated rings. The van der Waals surface area contributed by atoms with Crippen molar-refractivity contribution in [1.29, 1.82) is 0 Å². The maximum Gasteiger partial charge on any atom is 0.243 e. The number of nitrogens with zero attached hydrogens (tertiary/aromatic N) is 2. The highest BCUT2D eigenvalue weighted by molar-refractivity contribution is 5.95. The van der Waals surface area contributed by atoms with E-state index in [1.165, 1.54) is 18.6 Å². The summed E-state index contributed by atoms with van der Waals surface area (Å²) in [5.41, 5.74) is 0.451. The number of anilines is 1. The number of halogens is 1. The van der Waals surface area contributed by atoms with E-state index in [1.54, 1.807) is 19.2 Å². The van der Waals surface area contributed by atoms with Crippen LogP contribution in [0.2, 0.25) is 0 Å². The van der Waals surface area contributed by atoms with Crippen molar-refractivity contribution in [2.75, 3.05) is 32.0 Å². The van der Waals surface area contributed by atoms with Crippen LogP contribution in [0.3, 0.4) is 0 Å². The van der Waals surface area contributed by atoms with Gasteiger partial charge in [-0.2, -0.15) is 0 Å². The van der Waals surface area contributed by atoms with E-state index in [4.69, 9.17) is 0 Å². The Morgan fingerprint density at radius 2 is 2.04 bits per heavy atom. The first kappa shape index (κ1) is 17.2. The number of hydrogen-bond acceptors (Lipinski definition) is 2. The number of hydrogen-bond donors (Lipinski definition) is 2. The quantitative estimate of drug-likeness (QED) is 0.664. The zero-order valence-corrected chi connectivity index (χ0v) is 14.0. The van der Waals surface area contributed by atoms with Crippen molar-refractivity contribution in [2.45, 2.75) is 20.3 Å². The molecule has 1 aliphatic heterocycles. The molecule has 0 aliphatic carbocycles. The smallest absolute Gasteiger partial charge is 0.243 e. The van der Waals surface area contributed by atoms with Crippen molar-refractivity contribution in [1.82, 2.24) is 10.2 Å². The summed E-state index contributed by atoms with van der Waals surface area (Å²) >= 11 is 0. The second-order valence-corrected chi connectivity index (χ2v) is 6.31. The molecule has 2 N–H and O–H groups in total. The van der Waals surface area contributed by atoms with Crippen LogP contribution in [0.15, 0.2) is 29.3 Å². The molecule has 0 aromatic heterocycles. The van der Waals surface area contributed by atoms with Crippen LogP contribution in [0.5, 0.6) is 0 Å². The summed E-state index contributed by atoms with van der Waals surface area (Å²) < 4.78 is 13.1. The predicted octanol–water partition coefficient (Wildman–Crippen LogP) is 2.32. The van der Waals surface area contributed by atoms with E-state index in [9.17, 15) is 9.18 Å². The highest BCUT2D eigenvalue weighted by atomic mass is 19.1. The first-order valence-corrected chi connectivity index (χ1v) is 7.99. The van der Waals surface area contributed by atoms with Gasteiger partial charge in [0.2, 0.25) is 5.91 Å². The summed E-state index contributed by atoms with van der Waals surface area (Å²) in [7, 11) is 1.72. The van der Waals surface area contributed by atoms with Crippen LogP contribution in [0.25, 0.3) is 0 Å². The van der Waals surface area contributed by atoms with E-state index in [0.29, 0.717) is 17.5 Å². The standard InChI is InChI=1S/C17H25FN4O/c1-12-7-13(2)11-22(10-12)17(19-3)20-9-16(23)21-15-6-4-5-14(18)8-15/h4-6,8,12-13H,7,9-11H2,1-3H3,(H,19,20)(H,21,23). The van der Waals surface area contributed by atoms with Gasteiger partial charge in [-0.25, -0.2) is 4.39 Å². The van der Waals surface area contributed by atoms with Crippen LogP contribution < -0.4 is 10.6 Å². The zero-order valence-electron chi connectivity index (χ0n) is 14.0. The number of carbonyl (C=O) groups is 1. The summed E-state index contributed by atoms with van der Waals surface area (Å²) in [6, 6.07) is 5.85. The van der Waals surface area contributed by atoms with Gasteiger partial charge in [-0.1, -0.05) is 19.9 Å². The van der Waals surface area contributed by atoms with Gasteiger partial charge in [0.1, 0.15) is 5.82 Å². The molecule has 1 saturated heterocycles. The van der Waals surface area contributed by atoms with Gasteiger partial charge in [-0.15, -0.1) is 0 Å². The van der Waals surface area contributed by atoms with Crippen LogP contribution in [-0.2, 0) is 4.79 Å².